The lowest BCUT2D eigenvalue weighted by molar-refractivity contribution is -0.141. The van der Waals surface area contributed by atoms with E-state index in [0.29, 0.717) is 17.7 Å². The number of rotatable bonds is 9. The first kappa shape index (κ1) is 24.2. The van der Waals surface area contributed by atoms with Crippen LogP contribution in [-0.4, -0.2) is 39.9 Å². The van der Waals surface area contributed by atoms with Gasteiger partial charge in [-0.05, 0) is 37.5 Å². The van der Waals surface area contributed by atoms with Crippen LogP contribution in [0.1, 0.15) is 34.6 Å². The summed E-state index contributed by atoms with van der Waals surface area (Å²) in [5, 5.41) is 9.61. The lowest BCUT2D eigenvalue weighted by Gasteiger charge is -2.15. The Hall–Kier alpha value is -3.40. The number of aromatic nitrogens is 2. The van der Waals surface area contributed by atoms with Crippen molar-refractivity contribution in [2.45, 2.75) is 40.3 Å². The molecule has 0 saturated heterocycles. The molecule has 10 heteroatoms. The van der Waals surface area contributed by atoms with Crippen molar-refractivity contribution in [3.63, 3.8) is 0 Å². The molecule has 0 aliphatic heterocycles. The van der Waals surface area contributed by atoms with Crippen LogP contribution in [0, 0.1) is 12.8 Å². The quantitative estimate of drug-likeness (QED) is 0.474. The Morgan fingerprint density at radius 3 is 2.52 bits per heavy atom. The largest absolute Gasteiger partial charge is 0.496 e. The fourth-order valence-electron chi connectivity index (χ4n) is 3.64. The van der Waals surface area contributed by atoms with Gasteiger partial charge in [-0.15, -0.1) is 11.3 Å². The highest BCUT2D eigenvalue weighted by atomic mass is 32.1. The number of methoxy groups -OCH3 is 1. The first-order chi connectivity index (χ1) is 15.7. The van der Waals surface area contributed by atoms with Gasteiger partial charge >= 0.3 is 17.6 Å². The van der Waals surface area contributed by atoms with E-state index >= 15 is 0 Å². The van der Waals surface area contributed by atoms with Gasteiger partial charge < -0.3 is 14.6 Å². The molecule has 9 nitrogen and oxygen atoms in total. The zero-order valence-corrected chi connectivity index (χ0v) is 19.7. The number of para-hydroxylation sites is 1. The molecule has 1 aromatic carbocycles. The molecule has 0 amide bonds. The third-order valence-corrected chi connectivity index (χ3v) is 6.73. The molecular weight excluding hydrogens is 448 g/mol. The van der Waals surface area contributed by atoms with Crippen molar-refractivity contribution in [3.05, 3.63) is 61.1 Å². The van der Waals surface area contributed by atoms with E-state index in [9.17, 15) is 24.3 Å². The monoisotopic (exact) mass is 474 g/mol. The number of aryl methyl sites for hydroxylation is 2. The first-order valence-corrected chi connectivity index (χ1v) is 11.3. The maximum absolute atomic E-state index is 13.4. The number of thiophene rings is 1. The van der Waals surface area contributed by atoms with Crippen LogP contribution in [0.3, 0.4) is 0 Å². The van der Waals surface area contributed by atoms with E-state index in [-0.39, 0.29) is 34.8 Å². The number of benzene rings is 1. The molecule has 0 fully saturated rings. The van der Waals surface area contributed by atoms with Crippen LogP contribution >= 0.6 is 11.3 Å². The minimum Gasteiger partial charge on any atom is -0.496 e. The number of carbonyl (C=O) groups is 2. The van der Waals surface area contributed by atoms with E-state index in [1.807, 2.05) is 18.2 Å². The average molecular weight is 475 g/mol. The minimum absolute atomic E-state index is 0.0689. The molecule has 176 valence electrons. The lowest BCUT2D eigenvalue weighted by atomic mass is 10.1. The fraction of sp³-hybridized carbons (Fsp3) is 0.391. The molecule has 0 bridgehead atoms. The van der Waals surface area contributed by atoms with E-state index in [4.69, 9.17) is 9.47 Å². The summed E-state index contributed by atoms with van der Waals surface area (Å²) < 4.78 is 12.8. The Labute approximate surface area is 193 Å². The molecule has 3 aromatic rings. The maximum Gasteiger partial charge on any atom is 0.348 e. The minimum atomic E-state index is -1.07. The molecule has 0 spiro atoms. The van der Waals surface area contributed by atoms with Gasteiger partial charge in [0.15, 0.2) is 0 Å². The lowest BCUT2D eigenvalue weighted by Crippen LogP contribution is -2.41. The Morgan fingerprint density at radius 2 is 1.88 bits per heavy atom. The summed E-state index contributed by atoms with van der Waals surface area (Å²) in [4.78, 5) is 51.1. The topological polar surface area (TPSA) is 117 Å². The second-order valence-corrected chi connectivity index (χ2v) is 8.61. The number of carbonyl (C=O) groups excluding carboxylic acids is 1. The predicted octanol–water partition coefficient (Wildman–Crippen LogP) is 2.68. The first-order valence-electron chi connectivity index (χ1n) is 10.5. The number of ether oxygens (including phenoxy) is 2. The molecule has 2 aromatic heterocycles. The van der Waals surface area contributed by atoms with E-state index in [1.165, 1.54) is 11.5 Å². The molecule has 2 heterocycles. The highest BCUT2D eigenvalue weighted by Gasteiger charge is 2.25. The van der Waals surface area contributed by atoms with Gasteiger partial charge in [-0.3, -0.25) is 18.7 Å². The molecule has 3 rings (SSSR count). The number of aliphatic carboxylic acids is 1. The summed E-state index contributed by atoms with van der Waals surface area (Å²) in [5.41, 5.74) is 0.105. The molecule has 0 radical (unpaired) electrons. The van der Waals surface area contributed by atoms with Crippen LogP contribution in [0.4, 0.5) is 0 Å². The van der Waals surface area contributed by atoms with E-state index in [2.05, 4.69) is 0 Å². The summed E-state index contributed by atoms with van der Waals surface area (Å²) in [5.74, 6) is -1.88. The van der Waals surface area contributed by atoms with Gasteiger partial charge in [0, 0.05) is 13.1 Å². The van der Waals surface area contributed by atoms with Gasteiger partial charge in [0.1, 0.15) is 15.5 Å². The molecule has 1 atom stereocenters. The van der Waals surface area contributed by atoms with Crippen LogP contribution < -0.4 is 16.0 Å². The molecule has 33 heavy (non-hydrogen) atoms. The number of carboxylic acid groups (broad SMARTS) is 1. The summed E-state index contributed by atoms with van der Waals surface area (Å²) in [6.45, 7) is 4.89. The van der Waals surface area contributed by atoms with Gasteiger partial charge in [-0.25, -0.2) is 9.59 Å². The van der Waals surface area contributed by atoms with Crippen molar-refractivity contribution in [1.29, 1.82) is 0 Å². The Bertz CT molecular complexity index is 1320. The van der Waals surface area contributed by atoms with Gasteiger partial charge in [0.2, 0.25) is 0 Å². The van der Waals surface area contributed by atoms with Crippen LogP contribution in [0.25, 0.3) is 10.2 Å². The number of hydrogen-bond donors (Lipinski definition) is 1. The van der Waals surface area contributed by atoms with E-state index < -0.39 is 29.1 Å². The standard InChI is InChI=1S/C23H26N2O7S/c1-5-32-22(29)18-14(3)17-19(26)24(11-10-15-8-6-7-9-16(15)31-4)23(30)25(20(17)33-18)12-13(2)21(27)28/h6-9,13H,5,10-12H2,1-4H3,(H,27,28). The zero-order valence-electron chi connectivity index (χ0n) is 18.9. The van der Waals surface area contributed by atoms with Crippen molar-refractivity contribution >= 4 is 33.5 Å². The number of esters is 1. The number of carboxylic acids is 1. The second-order valence-electron chi connectivity index (χ2n) is 7.61. The van der Waals surface area contributed by atoms with Crippen molar-refractivity contribution in [3.8, 4) is 5.75 Å². The third kappa shape index (κ3) is 4.70. The van der Waals surface area contributed by atoms with E-state index in [0.717, 1.165) is 21.5 Å². The fourth-order valence-corrected chi connectivity index (χ4v) is 4.83. The zero-order chi connectivity index (χ0) is 24.3. The SMILES string of the molecule is CCOC(=O)c1sc2c(c1C)c(=O)n(CCc1ccccc1OC)c(=O)n2CC(C)C(=O)O. The van der Waals surface area contributed by atoms with Crippen molar-refractivity contribution in [2.75, 3.05) is 13.7 Å². The highest BCUT2D eigenvalue weighted by molar-refractivity contribution is 7.20. The van der Waals surface area contributed by atoms with Crippen molar-refractivity contribution in [2.24, 2.45) is 5.92 Å². The number of fused-ring (bicyclic) bond motifs is 1. The summed E-state index contributed by atoms with van der Waals surface area (Å²) in [6, 6.07) is 7.31. The molecule has 1 unspecified atom stereocenters. The van der Waals surface area contributed by atoms with Gasteiger partial charge in [-0.1, -0.05) is 25.1 Å². The second kappa shape index (κ2) is 10.0. The number of hydrogen-bond acceptors (Lipinski definition) is 7. The normalized spacial score (nSPS) is 12.0. The number of nitrogens with zero attached hydrogens (tertiary/aromatic N) is 2. The molecule has 0 saturated carbocycles. The molecule has 0 aliphatic rings. The van der Waals surface area contributed by atoms with Crippen molar-refractivity contribution < 1.29 is 24.2 Å². The Balaban J connectivity index is 2.19. The highest BCUT2D eigenvalue weighted by Crippen LogP contribution is 2.29. The molecule has 1 N–H and O–H groups in total. The molecular formula is C23H26N2O7S. The van der Waals surface area contributed by atoms with Crippen LogP contribution in [-0.2, 0) is 29.0 Å². The summed E-state index contributed by atoms with van der Waals surface area (Å²) >= 11 is 0.972. The average Bonchev–Trinajstić information content (AvgIpc) is 3.14. The smallest absolute Gasteiger partial charge is 0.348 e. The summed E-state index contributed by atoms with van der Waals surface area (Å²) in [6.07, 6.45) is 0.354. The maximum atomic E-state index is 13.4. The Kier molecular flexibility index (Phi) is 7.37. The third-order valence-electron chi connectivity index (χ3n) is 5.43. The molecule has 0 aliphatic carbocycles. The Morgan fingerprint density at radius 1 is 1.18 bits per heavy atom. The van der Waals surface area contributed by atoms with Crippen LogP contribution in [0.2, 0.25) is 0 Å². The van der Waals surface area contributed by atoms with E-state index in [1.54, 1.807) is 27.0 Å². The van der Waals surface area contributed by atoms with Gasteiger partial charge in [-0.2, -0.15) is 0 Å². The van der Waals surface area contributed by atoms with Crippen LogP contribution in [0.5, 0.6) is 5.75 Å². The van der Waals surface area contributed by atoms with Gasteiger partial charge in [0.05, 0.1) is 25.0 Å². The van der Waals surface area contributed by atoms with Crippen molar-refractivity contribution in [1.82, 2.24) is 9.13 Å². The van der Waals surface area contributed by atoms with Crippen LogP contribution in [0.15, 0.2) is 33.9 Å². The van der Waals surface area contributed by atoms with Gasteiger partial charge in [0.25, 0.3) is 5.56 Å². The predicted molar refractivity (Wildman–Crippen MR) is 125 cm³/mol. The summed E-state index contributed by atoms with van der Waals surface area (Å²) in [7, 11) is 1.54.